The lowest BCUT2D eigenvalue weighted by Crippen LogP contribution is -2.08. The molecular formula is C13H20N2. The Bertz CT molecular complexity index is 312. The van der Waals surface area contributed by atoms with Gasteiger partial charge < -0.3 is 4.90 Å². The zero-order valence-corrected chi connectivity index (χ0v) is 10.1. The number of rotatable bonds is 4. The molecule has 0 N–H and O–H groups in total. The highest BCUT2D eigenvalue weighted by Crippen LogP contribution is 2.11. The summed E-state index contributed by atoms with van der Waals surface area (Å²) in [4.78, 5) is 6.54. The van der Waals surface area contributed by atoms with Crippen LogP contribution in [0, 0.1) is 0 Å². The first-order valence-electron chi connectivity index (χ1n) is 5.44. The Kier molecular flexibility index (Phi) is 4.35. The van der Waals surface area contributed by atoms with E-state index in [1.165, 1.54) is 11.3 Å². The number of aliphatic imine (C=N–C) groups is 1. The van der Waals surface area contributed by atoms with E-state index in [0.29, 0.717) is 6.04 Å². The van der Waals surface area contributed by atoms with E-state index in [9.17, 15) is 0 Å². The molecular weight excluding hydrogens is 184 g/mol. The Morgan fingerprint density at radius 2 is 1.87 bits per heavy atom. The average molecular weight is 204 g/mol. The van der Waals surface area contributed by atoms with Crippen LogP contribution in [0.2, 0.25) is 0 Å². The first kappa shape index (κ1) is 11.8. The van der Waals surface area contributed by atoms with Gasteiger partial charge in [0.25, 0.3) is 0 Å². The molecule has 0 aromatic heterocycles. The van der Waals surface area contributed by atoms with Crippen LogP contribution in [-0.4, -0.2) is 26.4 Å². The zero-order valence-electron chi connectivity index (χ0n) is 10.1. The summed E-state index contributed by atoms with van der Waals surface area (Å²) in [6.45, 7) is 4.28. The summed E-state index contributed by atoms with van der Waals surface area (Å²) in [5, 5.41) is 0. The summed E-state index contributed by atoms with van der Waals surface area (Å²) >= 11 is 0. The van der Waals surface area contributed by atoms with Gasteiger partial charge in [-0.05, 0) is 31.0 Å². The van der Waals surface area contributed by atoms with Crippen LogP contribution in [0.25, 0.3) is 0 Å². The molecule has 0 bridgehead atoms. The fourth-order valence-electron chi connectivity index (χ4n) is 1.18. The first-order chi connectivity index (χ1) is 7.13. The summed E-state index contributed by atoms with van der Waals surface area (Å²) in [6.07, 6.45) is 3.04. The Hall–Kier alpha value is -1.31. The van der Waals surface area contributed by atoms with Gasteiger partial charge in [-0.25, -0.2) is 0 Å². The molecule has 1 rings (SSSR count). The maximum Gasteiger partial charge on any atom is 0.0469 e. The van der Waals surface area contributed by atoms with Crippen LogP contribution < -0.4 is 4.90 Å². The Balaban J connectivity index is 2.68. The molecule has 0 fully saturated rings. The average Bonchev–Trinajstić information content (AvgIpc) is 2.26. The minimum Gasteiger partial charge on any atom is -0.378 e. The van der Waals surface area contributed by atoms with E-state index < -0.39 is 0 Å². The van der Waals surface area contributed by atoms with Gasteiger partial charge >= 0.3 is 0 Å². The lowest BCUT2D eigenvalue weighted by molar-refractivity contribution is 0.720. The normalized spacial score (nSPS) is 13.1. The molecule has 1 aromatic carbocycles. The topological polar surface area (TPSA) is 15.6 Å². The molecule has 0 aliphatic heterocycles. The molecule has 1 atom stereocenters. The summed E-state index contributed by atoms with van der Waals surface area (Å²) in [7, 11) is 4.09. The Morgan fingerprint density at radius 3 is 2.33 bits per heavy atom. The van der Waals surface area contributed by atoms with Crippen LogP contribution >= 0.6 is 0 Å². The predicted molar refractivity (Wildman–Crippen MR) is 68.1 cm³/mol. The maximum atomic E-state index is 4.45. The monoisotopic (exact) mass is 204 g/mol. The van der Waals surface area contributed by atoms with Crippen LogP contribution in [0.3, 0.4) is 0 Å². The molecule has 0 radical (unpaired) electrons. The van der Waals surface area contributed by atoms with Crippen LogP contribution in [-0.2, 0) is 0 Å². The van der Waals surface area contributed by atoms with E-state index in [0.717, 1.165) is 6.42 Å². The van der Waals surface area contributed by atoms with E-state index in [2.05, 4.69) is 48.0 Å². The van der Waals surface area contributed by atoms with E-state index in [4.69, 9.17) is 0 Å². The SMILES string of the molecule is CC[C@@H](C)N=Cc1ccc(N(C)C)cc1. The number of nitrogens with zero attached hydrogens (tertiary/aromatic N) is 2. The maximum absolute atomic E-state index is 4.45. The third kappa shape index (κ3) is 3.74. The third-order valence-electron chi connectivity index (χ3n) is 2.48. The molecule has 82 valence electrons. The lowest BCUT2D eigenvalue weighted by Gasteiger charge is -2.11. The lowest BCUT2D eigenvalue weighted by atomic mass is 10.2. The van der Waals surface area contributed by atoms with Crippen LogP contribution in [0.4, 0.5) is 5.69 Å². The van der Waals surface area contributed by atoms with Crippen LogP contribution in [0.15, 0.2) is 29.3 Å². The molecule has 0 amide bonds. The van der Waals surface area contributed by atoms with Crippen molar-refractivity contribution in [2.24, 2.45) is 4.99 Å². The van der Waals surface area contributed by atoms with Gasteiger partial charge in [0.1, 0.15) is 0 Å². The van der Waals surface area contributed by atoms with Crippen molar-refractivity contribution >= 4 is 11.9 Å². The molecule has 0 saturated carbocycles. The smallest absolute Gasteiger partial charge is 0.0469 e. The number of hydrogen-bond donors (Lipinski definition) is 0. The quantitative estimate of drug-likeness (QED) is 0.688. The van der Waals surface area contributed by atoms with Crippen molar-refractivity contribution in [3.63, 3.8) is 0 Å². The van der Waals surface area contributed by atoms with Crippen LogP contribution in [0.5, 0.6) is 0 Å². The van der Waals surface area contributed by atoms with Crippen LogP contribution in [0.1, 0.15) is 25.8 Å². The molecule has 0 saturated heterocycles. The fraction of sp³-hybridized carbons (Fsp3) is 0.462. The van der Waals surface area contributed by atoms with E-state index in [-0.39, 0.29) is 0 Å². The fourth-order valence-corrected chi connectivity index (χ4v) is 1.18. The predicted octanol–water partition coefficient (Wildman–Crippen LogP) is 2.97. The van der Waals surface area contributed by atoms with Gasteiger partial charge in [0.2, 0.25) is 0 Å². The van der Waals surface area contributed by atoms with Crippen molar-refractivity contribution in [2.45, 2.75) is 26.3 Å². The second kappa shape index (κ2) is 5.54. The second-order valence-corrected chi connectivity index (χ2v) is 4.02. The number of benzene rings is 1. The molecule has 2 nitrogen and oxygen atoms in total. The summed E-state index contributed by atoms with van der Waals surface area (Å²) < 4.78 is 0. The highest BCUT2D eigenvalue weighted by atomic mass is 15.1. The van der Waals surface area contributed by atoms with Gasteiger partial charge in [0, 0.05) is 32.0 Å². The molecule has 0 spiro atoms. The number of anilines is 1. The minimum atomic E-state index is 0.415. The van der Waals surface area contributed by atoms with Crippen molar-refractivity contribution in [1.82, 2.24) is 0 Å². The van der Waals surface area contributed by atoms with Crippen molar-refractivity contribution in [2.75, 3.05) is 19.0 Å². The highest BCUT2D eigenvalue weighted by molar-refractivity contribution is 5.80. The van der Waals surface area contributed by atoms with Crippen molar-refractivity contribution in [3.8, 4) is 0 Å². The molecule has 0 heterocycles. The largest absolute Gasteiger partial charge is 0.378 e. The molecule has 0 aliphatic carbocycles. The molecule has 2 heteroatoms. The first-order valence-corrected chi connectivity index (χ1v) is 5.44. The number of hydrogen-bond acceptors (Lipinski definition) is 2. The van der Waals surface area contributed by atoms with Crippen molar-refractivity contribution in [3.05, 3.63) is 29.8 Å². The van der Waals surface area contributed by atoms with E-state index in [1.54, 1.807) is 0 Å². The van der Waals surface area contributed by atoms with Gasteiger partial charge in [-0.15, -0.1) is 0 Å². The minimum absolute atomic E-state index is 0.415. The van der Waals surface area contributed by atoms with Gasteiger partial charge in [-0.1, -0.05) is 19.1 Å². The Labute approximate surface area is 92.6 Å². The second-order valence-electron chi connectivity index (χ2n) is 4.02. The zero-order chi connectivity index (χ0) is 11.3. The standard InChI is InChI=1S/C13H20N2/c1-5-11(2)14-10-12-6-8-13(9-7-12)15(3)4/h6-11H,5H2,1-4H3/t11-/m1/s1. The third-order valence-corrected chi connectivity index (χ3v) is 2.48. The summed E-state index contributed by atoms with van der Waals surface area (Å²) in [5.41, 5.74) is 2.39. The molecule has 0 aliphatic rings. The van der Waals surface area contributed by atoms with Gasteiger partial charge in [0.05, 0.1) is 0 Å². The molecule has 1 aromatic rings. The van der Waals surface area contributed by atoms with Crippen molar-refractivity contribution in [1.29, 1.82) is 0 Å². The van der Waals surface area contributed by atoms with Gasteiger partial charge in [-0.3, -0.25) is 4.99 Å². The van der Waals surface area contributed by atoms with Gasteiger partial charge in [0.15, 0.2) is 0 Å². The summed E-state index contributed by atoms with van der Waals surface area (Å²) in [5.74, 6) is 0. The van der Waals surface area contributed by atoms with E-state index >= 15 is 0 Å². The highest BCUT2D eigenvalue weighted by Gasteiger charge is 1.95. The van der Waals surface area contributed by atoms with Gasteiger partial charge in [-0.2, -0.15) is 0 Å². The van der Waals surface area contributed by atoms with Crippen molar-refractivity contribution < 1.29 is 0 Å². The summed E-state index contributed by atoms with van der Waals surface area (Å²) in [6, 6.07) is 8.83. The Morgan fingerprint density at radius 1 is 1.27 bits per heavy atom. The van der Waals surface area contributed by atoms with E-state index in [1.807, 2.05) is 20.3 Å². The molecule has 0 unspecified atom stereocenters. The molecule has 15 heavy (non-hydrogen) atoms.